The molecule has 4 rings (SSSR count). The number of amides is 1. The maximum absolute atomic E-state index is 13.6. The summed E-state index contributed by atoms with van der Waals surface area (Å²) in [5.74, 6) is -1.54. The Balaban J connectivity index is 1.83. The second-order valence-corrected chi connectivity index (χ2v) is 10.4. The normalized spacial score (nSPS) is 16.3. The van der Waals surface area contributed by atoms with Gasteiger partial charge in [-0.1, -0.05) is 47.5 Å². The van der Waals surface area contributed by atoms with Crippen LogP contribution in [0.25, 0.3) is 0 Å². The van der Waals surface area contributed by atoms with Gasteiger partial charge in [0.1, 0.15) is 11.8 Å². The van der Waals surface area contributed by atoms with Crippen LogP contribution in [0.15, 0.2) is 71.6 Å². The summed E-state index contributed by atoms with van der Waals surface area (Å²) < 4.78 is 33.2. The molecule has 0 radical (unpaired) electrons. The highest BCUT2D eigenvalue weighted by Crippen LogP contribution is 2.34. The number of sulfonamides is 1. The summed E-state index contributed by atoms with van der Waals surface area (Å²) in [5, 5.41) is 10.3. The molecule has 1 N–H and O–H groups in total. The number of nitrogens with zero attached hydrogens (tertiary/aromatic N) is 2. The zero-order valence-corrected chi connectivity index (χ0v) is 20.7. The third-order valence-corrected chi connectivity index (χ3v) is 8.38. The molecule has 11 heteroatoms. The lowest BCUT2D eigenvalue weighted by Gasteiger charge is -2.28. The molecule has 0 bridgehead atoms. The zero-order valence-electron chi connectivity index (χ0n) is 18.4. The molecule has 0 aromatic heterocycles. The number of carboxylic acid groups (broad SMARTS) is 1. The smallest absolute Gasteiger partial charge is 0.323 e. The molecular formula is C24H20Cl2N2O6S. The van der Waals surface area contributed by atoms with Gasteiger partial charge in [0.05, 0.1) is 34.2 Å². The van der Waals surface area contributed by atoms with Gasteiger partial charge in [-0.15, -0.1) is 0 Å². The van der Waals surface area contributed by atoms with Crippen molar-refractivity contribution in [1.29, 1.82) is 0 Å². The second-order valence-electron chi connectivity index (χ2n) is 7.73. The van der Waals surface area contributed by atoms with Crippen LogP contribution in [0.5, 0.6) is 5.75 Å². The van der Waals surface area contributed by atoms with E-state index in [1.54, 1.807) is 30.3 Å². The molecule has 8 nitrogen and oxygen atoms in total. The molecule has 1 aliphatic heterocycles. The Hall–Kier alpha value is -3.11. The number of carbonyl (C=O) groups is 2. The number of methoxy groups -OCH3 is 1. The standard InChI is InChI=1S/C24H20Cl2N2O6S/c1-34-16-9-11-17(12-10-16)35(32,33)28-13-15-5-2-3-8-20(15)27(14-21(28)24(30)31)23(29)18-6-4-7-19(25)22(18)26/h2-12,21H,13-14H2,1H3,(H,30,31). The van der Waals surface area contributed by atoms with Crippen molar-refractivity contribution in [2.75, 3.05) is 18.6 Å². The summed E-state index contributed by atoms with van der Waals surface area (Å²) in [4.78, 5) is 27.1. The first-order chi connectivity index (χ1) is 16.6. The maximum Gasteiger partial charge on any atom is 0.323 e. The SMILES string of the molecule is COc1ccc(S(=O)(=O)N2Cc3ccccc3N(C(=O)c3cccc(Cl)c3Cl)CC2C(=O)O)cc1. The topological polar surface area (TPSA) is 104 Å². The molecule has 1 heterocycles. The molecule has 1 aliphatic rings. The maximum atomic E-state index is 13.6. The van der Waals surface area contributed by atoms with Crippen LogP contribution in [0.4, 0.5) is 5.69 Å². The van der Waals surface area contributed by atoms with E-state index in [1.807, 2.05) is 0 Å². The summed E-state index contributed by atoms with van der Waals surface area (Å²) in [6, 6.07) is 15.3. The van der Waals surface area contributed by atoms with Gasteiger partial charge in [0.2, 0.25) is 10.0 Å². The van der Waals surface area contributed by atoms with Crippen LogP contribution >= 0.6 is 23.2 Å². The van der Waals surface area contributed by atoms with Gasteiger partial charge in [-0.05, 0) is 48.0 Å². The average Bonchev–Trinajstić information content (AvgIpc) is 3.03. The molecule has 1 unspecified atom stereocenters. The number of fused-ring (bicyclic) bond motifs is 1. The number of halogens is 2. The Morgan fingerprint density at radius 1 is 1.00 bits per heavy atom. The predicted molar refractivity (Wildman–Crippen MR) is 132 cm³/mol. The van der Waals surface area contributed by atoms with Gasteiger partial charge >= 0.3 is 5.97 Å². The van der Waals surface area contributed by atoms with E-state index in [-0.39, 0.29) is 27.0 Å². The number of ether oxygens (including phenoxy) is 1. The van der Waals surface area contributed by atoms with E-state index in [0.29, 0.717) is 17.0 Å². The molecule has 0 spiro atoms. The van der Waals surface area contributed by atoms with Crippen LogP contribution in [-0.4, -0.2) is 49.4 Å². The minimum Gasteiger partial charge on any atom is -0.497 e. The van der Waals surface area contributed by atoms with Gasteiger partial charge in [0, 0.05) is 12.2 Å². The number of rotatable bonds is 5. The third-order valence-electron chi connectivity index (χ3n) is 5.69. The summed E-state index contributed by atoms with van der Waals surface area (Å²) in [6.45, 7) is -0.696. The first-order valence-electron chi connectivity index (χ1n) is 10.4. The number of para-hydroxylation sites is 1. The van der Waals surface area contributed by atoms with Gasteiger partial charge in [-0.25, -0.2) is 8.42 Å². The lowest BCUT2D eigenvalue weighted by molar-refractivity contribution is -0.141. The number of carboxylic acids is 1. The Morgan fingerprint density at radius 3 is 2.34 bits per heavy atom. The number of carbonyl (C=O) groups excluding carboxylic acids is 1. The Kier molecular flexibility index (Phi) is 7.05. The van der Waals surface area contributed by atoms with Crippen molar-refractivity contribution in [3.63, 3.8) is 0 Å². The van der Waals surface area contributed by atoms with Crippen molar-refractivity contribution in [3.8, 4) is 5.75 Å². The van der Waals surface area contributed by atoms with Gasteiger partial charge in [-0.3, -0.25) is 9.59 Å². The molecular weight excluding hydrogens is 515 g/mol. The second kappa shape index (κ2) is 9.87. The van der Waals surface area contributed by atoms with Crippen molar-refractivity contribution < 1.29 is 27.9 Å². The monoisotopic (exact) mass is 534 g/mol. The molecule has 1 atom stereocenters. The van der Waals surface area contributed by atoms with Crippen LogP contribution in [0.3, 0.4) is 0 Å². The molecule has 0 fully saturated rings. The first kappa shape index (κ1) is 25.0. The fourth-order valence-corrected chi connectivity index (χ4v) is 5.82. The van der Waals surface area contributed by atoms with Crippen LogP contribution in [0.1, 0.15) is 15.9 Å². The van der Waals surface area contributed by atoms with E-state index >= 15 is 0 Å². The number of hydrogen-bond acceptors (Lipinski definition) is 5. The summed E-state index contributed by atoms with van der Waals surface area (Å²) in [6.07, 6.45) is 0. The van der Waals surface area contributed by atoms with Crippen molar-refractivity contribution in [2.24, 2.45) is 0 Å². The summed E-state index contributed by atoms with van der Waals surface area (Å²) in [7, 11) is -2.81. The quantitative estimate of drug-likeness (QED) is 0.523. The van der Waals surface area contributed by atoms with Crippen molar-refractivity contribution >= 4 is 50.8 Å². The predicted octanol–water partition coefficient (Wildman–Crippen LogP) is 4.31. The van der Waals surface area contributed by atoms with Crippen LogP contribution in [0, 0.1) is 0 Å². The van der Waals surface area contributed by atoms with Crippen LogP contribution in [0.2, 0.25) is 10.0 Å². The van der Waals surface area contributed by atoms with E-state index in [2.05, 4.69) is 0 Å². The van der Waals surface area contributed by atoms with Crippen molar-refractivity contribution in [1.82, 2.24) is 4.31 Å². The van der Waals surface area contributed by atoms with Gasteiger partial charge in [0.25, 0.3) is 5.91 Å². The van der Waals surface area contributed by atoms with Crippen LogP contribution in [-0.2, 0) is 21.4 Å². The zero-order chi connectivity index (χ0) is 25.3. The number of hydrogen-bond donors (Lipinski definition) is 1. The molecule has 182 valence electrons. The minimum atomic E-state index is -4.26. The number of aliphatic carboxylic acids is 1. The summed E-state index contributed by atoms with van der Waals surface area (Å²) in [5.41, 5.74) is 0.914. The fourth-order valence-electron chi connectivity index (χ4n) is 3.89. The molecule has 0 saturated heterocycles. The minimum absolute atomic E-state index is 0.0236. The Morgan fingerprint density at radius 2 is 1.69 bits per heavy atom. The Bertz CT molecular complexity index is 1400. The average molecular weight is 535 g/mol. The van der Waals surface area contributed by atoms with E-state index in [4.69, 9.17) is 27.9 Å². The first-order valence-corrected chi connectivity index (χ1v) is 12.6. The van der Waals surface area contributed by atoms with Gasteiger partial charge in [-0.2, -0.15) is 4.31 Å². The lowest BCUT2D eigenvalue weighted by Crippen LogP contribution is -2.50. The Labute approximate surface area is 212 Å². The van der Waals surface area contributed by atoms with E-state index in [1.165, 1.54) is 48.4 Å². The van der Waals surface area contributed by atoms with Gasteiger partial charge in [0.15, 0.2) is 0 Å². The van der Waals surface area contributed by atoms with E-state index in [0.717, 1.165) is 4.31 Å². The largest absolute Gasteiger partial charge is 0.497 e. The number of benzene rings is 3. The van der Waals surface area contributed by atoms with E-state index in [9.17, 15) is 23.1 Å². The van der Waals surface area contributed by atoms with Crippen LogP contribution < -0.4 is 9.64 Å². The molecule has 3 aromatic carbocycles. The number of anilines is 1. The molecule has 3 aromatic rings. The fraction of sp³-hybridized carbons (Fsp3) is 0.167. The highest BCUT2D eigenvalue weighted by atomic mass is 35.5. The lowest BCUT2D eigenvalue weighted by atomic mass is 10.1. The highest BCUT2D eigenvalue weighted by Gasteiger charge is 2.42. The van der Waals surface area contributed by atoms with Crippen molar-refractivity contribution in [3.05, 3.63) is 87.9 Å². The van der Waals surface area contributed by atoms with Crippen molar-refractivity contribution in [2.45, 2.75) is 17.5 Å². The highest BCUT2D eigenvalue weighted by molar-refractivity contribution is 7.89. The third kappa shape index (κ3) is 4.72. The van der Waals surface area contributed by atoms with Gasteiger partial charge < -0.3 is 14.7 Å². The molecule has 0 saturated carbocycles. The summed E-state index contributed by atoms with van der Waals surface area (Å²) >= 11 is 12.4. The molecule has 0 aliphatic carbocycles. The molecule has 35 heavy (non-hydrogen) atoms. The van der Waals surface area contributed by atoms with E-state index < -0.39 is 34.5 Å². The molecule has 1 amide bonds.